The molecule has 8 heteroatoms. The summed E-state index contributed by atoms with van der Waals surface area (Å²) >= 11 is 0. The smallest absolute Gasteiger partial charge is 0.290 e. The number of primary amides is 1. The van der Waals surface area contributed by atoms with E-state index in [0.717, 1.165) is 0 Å². The van der Waals surface area contributed by atoms with Crippen LogP contribution in [0.4, 0.5) is 0 Å². The summed E-state index contributed by atoms with van der Waals surface area (Å²) in [4.78, 5) is 38.8. The van der Waals surface area contributed by atoms with Gasteiger partial charge in [-0.05, 0) is 29.8 Å². The van der Waals surface area contributed by atoms with Crippen LogP contribution in [0.2, 0.25) is 0 Å². The Morgan fingerprint density at radius 1 is 1.13 bits per heavy atom. The number of fused-ring (bicyclic) bond motifs is 2. The first-order valence-corrected chi connectivity index (χ1v) is 9.38. The molecule has 2 N–H and O–H groups in total. The molecule has 3 aromatic rings. The van der Waals surface area contributed by atoms with E-state index in [2.05, 4.69) is 0 Å². The van der Waals surface area contributed by atoms with Gasteiger partial charge in [-0.2, -0.15) is 0 Å². The first kappa shape index (κ1) is 19.7. The zero-order valence-electron chi connectivity index (χ0n) is 16.3. The predicted molar refractivity (Wildman–Crippen MR) is 108 cm³/mol. The summed E-state index contributed by atoms with van der Waals surface area (Å²) in [5, 5.41) is 0.420. The molecule has 0 spiro atoms. The van der Waals surface area contributed by atoms with Gasteiger partial charge in [0.25, 0.3) is 11.8 Å². The number of hydrogen-bond acceptors (Lipinski definition) is 6. The summed E-state index contributed by atoms with van der Waals surface area (Å²) in [6.45, 7) is 0.364. The molecule has 0 radical (unpaired) electrons. The lowest BCUT2D eigenvalue weighted by molar-refractivity contribution is -0.119. The lowest BCUT2D eigenvalue weighted by Crippen LogP contribution is -2.32. The van der Waals surface area contributed by atoms with Gasteiger partial charge in [-0.1, -0.05) is 24.3 Å². The van der Waals surface area contributed by atoms with Gasteiger partial charge in [0.1, 0.15) is 11.3 Å². The summed E-state index contributed by atoms with van der Waals surface area (Å²) < 4.78 is 16.3. The van der Waals surface area contributed by atoms with Gasteiger partial charge < -0.3 is 24.5 Å². The van der Waals surface area contributed by atoms with E-state index in [1.54, 1.807) is 60.5 Å². The van der Waals surface area contributed by atoms with Crippen LogP contribution in [-0.4, -0.2) is 43.6 Å². The molecular formula is C22H20N2O6. The molecule has 0 bridgehead atoms. The van der Waals surface area contributed by atoms with Crippen molar-refractivity contribution >= 4 is 22.8 Å². The first-order chi connectivity index (χ1) is 14.5. The van der Waals surface area contributed by atoms with Gasteiger partial charge >= 0.3 is 0 Å². The van der Waals surface area contributed by atoms with E-state index in [1.165, 1.54) is 0 Å². The summed E-state index contributed by atoms with van der Waals surface area (Å²) in [6, 6.07) is 13.1. The Kier molecular flexibility index (Phi) is 5.24. The number of hydrogen-bond donors (Lipinski definition) is 1. The molecule has 1 unspecified atom stereocenters. The van der Waals surface area contributed by atoms with Crippen LogP contribution in [0, 0.1) is 0 Å². The van der Waals surface area contributed by atoms with Gasteiger partial charge in [0.05, 0.1) is 23.6 Å². The second-order valence-corrected chi connectivity index (χ2v) is 6.89. The standard InChI is InChI=1S/C22H20N2O6/c1-28-11-10-24-19(13-6-8-14(9-7-13)29-12-17(23)25)18-20(26)15-4-2-3-5-16(15)30-21(18)22(24)27/h2-9,19H,10-12H2,1H3,(H2,23,25). The largest absolute Gasteiger partial charge is 0.484 e. The highest BCUT2D eigenvalue weighted by atomic mass is 16.5. The number of para-hydroxylation sites is 1. The van der Waals surface area contributed by atoms with Crippen LogP contribution in [-0.2, 0) is 9.53 Å². The summed E-state index contributed by atoms with van der Waals surface area (Å²) in [6.07, 6.45) is 0. The van der Waals surface area contributed by atoms with E-state index >= 15 is 0 Å². The Labute approximate surface area is 171 Å². The van der Waals surface area contributed by atoms with Gasteiger partial charge in [0.15, 0.2) is 12.0 Å². The van der Waals surface area contributed by atoms with Gasteiger partial charge in [0, 0.05) is 13.7 Å². The molecule has 0 saturated carbocycles. The fourth-order valence-corrected chi connectivity index (χ4v) is 3.63. The van der Waals surface area contributed by atoms with Crippen molar-refractivity contribution < 1.29 is 23.5 Å². The molecule has 8 nitrogen and oxygen atoms in total. The third-order valence-electron chi connectivity index (χ3n) is 4.99. The van der Waals surface area contributed by atoms with E-state index < -0.39 is 11.9 Å². The van der Waals surface area contributed by atoms with E-state index in [0.29, 0.717) is 41.0 Å². The van der Waals surface area contributed by atoms with Crippen LogP contribution in [0.1, 0.15) is 27.7 Å². The van der Waals surface area contributed by atoms with Crippen molar-refractivity contribution in [2.45, 2.75) is 6.04 Å². The number of carbonyl (C=O) groups excluding carboxylic acids is 2. The van der Waals surface area contributed by atoms with Crippen LogP contribution in [0.25, 0.3) is 11.0 Å². The topological polar surface area (TPSA) is 112 Å². The fraction of sp³-hybridized carbons (Fsp3) is 0.227. The van der Waals surface area contributed by atoms with E-state index in [9.17, 15) is 14.4 Å². The van der Waals surface area contributed by atoms with Crippen molar-refractivity contribution in [3.05, 3.63) is 75.6 Å². The lowest BCUT2D eigenvalue weighted by atomic mass is 9.98. The zero-order valence-corrected chi connectivity index (χ0v) is 16.3. The van der Waals surface area contributed by atoms with Crippen molar-refractivity contribution in [2.75, 3.05) is 26.9 Å². The van der Waals surface area contributed by atoms with Gasteiger partial charge in [0.2, 0.25) is 5.76 Å². The average molecular weight is 408 g/mol. The molecule has 30 heavy (non-hydrogen) atoms. The summed E-state index contributed by atoms with van der Waals surface area (Å²) in [5.74, 6) is -0.432. The fourth-order valence-electron chi connectivity index (χ4n) is 3.63. The minimum absolute atomic E-state index is 0.0499. The molecule has 0 fully saturated rings. The highest BCUT2D eigenvalue weighted by Gasteiger charge is 2.42. The normalized spacial score (nSPS) is 15.4. The number of carbonyl (C=O) groups is 2. The van der Waals surface area contributed by atoms with Gasteiger partial charge in [-0.25, -0.2) is 0 Å². The molecule has 1 aromatic heterocycles. The molecule has 1 aliphatic rings. The Morgan fingerprint density at radius 2 is 1.87 bits per heavy atom. The van der Waals surface area contributed by atoms with Crippen molar-refractivity contribution in [3.63, 3.8) is 0 Å². The Morgan fingerprint density at radius 3 is 2.57 bits per heavy atom. The Hall–Kier alpha value is -3.65. The second kappa shape index (κ2) is 8.00. The van der Waals surface area contributed by atoms with E-state index in [4.69, 9.17) is 19.6 Å². The molecule has 154 valence electrons. The SMILES string of the molecule is COCCN1C(=O)c2oc3ccccc3c(=O)c2C1c1ccc(OCC(N)=O)cc1. The van der Waals surface area contributed by atoms with Crippen LogP contribution < -0.4 is 15.9 Å². The lowest BCUT2D eigenvalue weighted by Gasteiger charge is -2.25. The van der Waals surface area contributed by atoms with Gasteiger partial charge in [-0.3, -0.25) is 14.4 Å². The Balaban J connectivity index is 1.80. The Bertz CT molecular complexity index is 1170. The van der Waals surface area contributed by atoms with Crippen LogP contribution in [0.5, 0.6) is 5.75 Å². The minimum Gasteiger partial charge on any atom is -0.484 e. The molecule has 2 aromatic carbocycles. The number of nitrogens with two attached hydrogens (primary N) is 1. The third-order valence-corrected chi connectivity index (χ3v) is 4.99. The number of rotatable bonds is 7. The summed E-state index contributed by atoms with van der Waals surface area (Å²) in [7, 11) is 1.55. The average Bonchev–Trinajstić information content (AvgIpc) is 3.03. The number of ether oxygens (including phenoxy) is 2. The quantitative estimate of drug-likeness (QED) is 0.639. The highest BCUT2D eigenvalue weighted by molar-refractivity contribution is 5.99. The van der Waals surface area contributed by atoms with Crippen molar-refractivity contribution in [1.29, 1.82) is 0 Å². The predicted octanol–water partition coefficient (Wildman–Crippen LogP) is 1.85. The second-order valence-electron chi connectivity index (χ2n) is 6.89. The number of amides is 2. The number of methoxy groups -OCH3 is 1. The maximum atomic E-state index is 13.3. The molecule has 2 amide bonds. The van der Waals surface area contributed by atoms with E-state index in [-0.39, 0.29) is 23.7 Å². The molecule has 4 rings (SSSR count). The van der Waals surface area contributed by atoms with Gasteiger partial charge in [-0.15, -0.1) is 0 Å². The molecular weight excluding hydrogens is 388 g/mol. The van der Waals surface area contributed by atoms with Crippen LogP contribution in [0.3, 0.4) is 0 Å². The van der Waals surface area contributed by atoms with Crippen molar-refractivity contribution in [3.8, 4) is 5.75 Å². The van der Waals surface area contributed by atoms with E-state index in [1.807, 2.05) is 0 Å². The monoisotopic (exact) mass is 408 g/mol. The zero-order chi connectivity index (χ0) is 21.3. The first-order valence-electron chi connectivity index (χ1n) is 9.38. The molecule has 0 aliphatic carbocycles. The van der Waals surface area contributed by atoms with Crippen molar-refractivity contribution in [1.82, 2.24) is 4.90 Å². The summed E-state index contributed by atoms with van der Waals surface area (Å²) in [5.41, 5.74) is 6.26. The molecule has 2 heterocycles. The molecule has 1 aliphatic heterocycles. The maximum absolute atomic E-state index is 13.3. The number of nitrogens with zero attached hydrogens (tertiary/aromatic N) is 1. The minimum atomic E-state index is -0.617. The van der Waals surface area contributed by atoms with Crippen molar-refractivity contribution in [2.24, 2.45) is 5.73 Å². The number of benzene rings is 2. The highest BCUT2D eigenvalue weighted by Crippen LogP contribution is 2.38. The maximum Gasteiger partial charge on any atom is 0.290 e. The van der Waals surface area contributed by atoms with Crippen LogP contribution >= 0.6 is 0 Å². The molecule has 1 atom stereocenters. The third kappa shape index (κ3) is 3.42. The van der Waals surface area contributed by atoms with Crippen LogP contribution in [0.15, 0.2) is 57.7 Å². The molecule has 0 saturated heterocycles.